The third-order valence-electron chi connectivity index (χ3n) is 1.41. The van der Waals surface area contributed by atoms with Crippen molar-refractivity contribution in [1.82, 2.24) is 0 Å². The first-order valence-corrected chi connectivity index (χ1v) is 5.22. The highest BCUT2D eigenvalue weighted by molar-refractivity contribution is 7.93. The highest BCUT2D eigenvalue weighted by Gasteiger charge is 2.23. The Morgan fingerprint density at radius 2 is 1.87 bits per heavy atom. The van der Waals surface area contributed by atoms with Crippen LogP contribution in [0.25, 0.3) is 0 Å². The van der Waals surface area contributed by atoms with E-state index in [1.54, 1.807) is 0 Å². The van der Waals surface area contributed by atoms with E-state index in [4.69, 9.17) is 5.73 Å². The maximum Gasteiger partial charge on any atom is 0.355 e. The molecule has 0 spiro atoms. The number of sulfonamides is 1. The van der Waals surface area contributed by atoms with E-state index in [1.165, 1.54) is 4.72 Å². The number of hydrogen-bond acceptors (Lipinski definition) is 3. The van der Waals surface area contributed by atoms with E-state index >= 15 is 0 Å². The second-order valence-corrected chi connectivity index (χ2v) is 4.33. The van der Waals surface area contributed by atoms with Crippen molar-refractivity contribution in [2.24, 2.45) is 0 Å². The molecule has 0 aromatic heterocycles. The van der Waals surface area contributed by atoms with Gasteiger partial charge in [0.25, 0.3) is 10.0 Å². The van der Waals surface area contributed by atoms with E-state index in [-0.39, 0.29) is 11.4 Å². The topological polar surface area (TPSA) is 72.2 Å². The second-order valence-electron chi connectivity index (χ2n) is 2.68. The van der Waals surface area contributed by atoms with Crippen LogP contribution in [-0.4, -0.2) is 14.2 Å². The zero-order valence-corrected chi connectivity index (χ0v) is 8.06. The summed E-state index contributed by atoms with van der Waals surface area (Å²) in [6.07, 6.45) is 0. The van der Waals surface area contributed by atoms with Gasteiger partial charge in [-0.15, -0.1) is 0 Å². The Kier molecular flexibility index (Phi) is 3.08. The molecule has 0 amide bonds. The monoisotopic (exact) mass is 240 g/mol. The Morgan fingerprint density at radius 3 is 2.33 bits per heavy atom. The van der Waals surface area contributed by atoms with Crippen molar-refractivity contribution in [3.05, 3.63) is 24.0 Å². The fourth-order valence-corrected chi connectivity index (χ4v) is 1.42. The Bertz CT molecular complexity index is 441. The number of halogens is 3. The van der Waals surface area contributed by atoms with Crippen molar-refractivity contribution in [3.63, 3.8) is 0 Å². The fraction of sp³-hybridized carbons (Fsp3) is 0.143. The summed E-state index contributed by atoms with van der Waals surface area (Å²) in [4.78, 5) is 0. The third-order valence-corrected chi connectivity index (χ3v) is 2.40. The first-order valence-electron chi connectivity index (χ1n) is 3.67. The van der Waals surface area contributed by atoms with Crippen LogP contribution in [-0.2, 0) is 10.0 Å². The molecule has 3 N–H and O–H groups in total. The molecule has 0 radical (unpaired) electrons. The number of alkyl halides is 2. The van der Waals surface area contributed by atoms with Crippen molar-refractivity contribution < 1.29 is 21.6 Å². The predicted molar refractivity (Wildman–Crippen MR) is 49.4 cm³/mol. The van der Waals surface area contributed by atoms with E-state index in [1.807, 2.05) is 0 Å². The van der Waals surface area contributed by atoms with Gasteiger partial charge in [0, 0.05) is 5.69 Å². The van der Waals surface area contributed by atoms with Gasteiger partial charge in [0.15, 0.2) is 0 Å². The molecule has 15 heavy (non-hydrogen) atoms. The van der Waals surface area contributed by atoms with Crippen molar-refractivity contribution >= 4 is 21.4 Å². The smallest absolute Gasteiger partial charge is 0.355 e. The third kappa shape index (κ3) is 3.01. The Balaban J connectivity index is 3.00. The number of benzene rings is 1. The summed E-state index contributed by atoms with van der Waals surface area (Å²) < 4.78 is 59.4. The van der Waals surface area contributed by atoms with E-state index in [2.05, 4.69) is 0 Å². The maximum absolute atomic E-state index is 12.7. The number of nitrogens with one attached hydrogen (secondary N) is 1. The van der Waals surface area contributed by atoms with Crippen LogP contribution in [0.15, 0.2) is 18.2 Å². The molecular weight excluding hydrogens is 233 g/mol. The molecule has 0 aliphatic heterocycles. The molecule has 1 aromatic rings. The maximum atomic E-state index is 12.7. The van der Waals surface area contributed by atoms with Crippen molar-refractivity contribution in [2.45, 2.75) is 5.76 Å². The largest absolute Gasteiger partial charge is 0.399 e. The first-order chi connectivity index (χ1) is 6.81. The van der Waals surface area contributed by atoms with Gasteiger partial charge < -0.3 is 5.73 Å². The summed E-state index contributed by atoms with van der Waals surface area (Å²) in [6.45, 7) is 0. The van der Waals surface area contributed by atoms with Crippen LogP contribution in [0.3, 0.4) is 0 Å². The molecule has 8 heteroatoms. The number of nitrogen functional groups attached to an aromatic ring is 1. The van der Waals surface area contributed by atoms with Gasteiger partial charge in [0.2, 0.25) is 0 Å². The molecular formula is C7H7F3N2O2S. The number of anilines is 2. The van der Waals surface area contributed by atoms with Gasteiger partial charge in [-0.05, 0) is 18.2 Å². The normalized spacial score (nSPS) is 11.7. The minimum Gasteiger partial charge on any atom is -0.399 e. The first kappa shape index (κ1) is 11.6. The predicted octanol–water partition coefficient (Wildman–Crippen LogP) is 1.37. The van der Waals surface area contributed by atoms with Crippen LogP contribution in [0.4, 0.5) is 24.5 Å². The lowest BCUT2D eigenvalue weighted by Gasteiger charge is -2.07. The zero-order chi connectivity index (χ0) is 11.6. The molecule has 4 nitrogen and oxygen atoms in total. The van der Waals surface area contributed by atoms with Crippen LogP contribution in [0, 0.1) is 5.82 Å². The summed E-state index contributed by atoms with van der Waals surface area (Å²) in [5.41, 5.74) is 4.78. The molecule has 0 bridgehead atoms. The highest BCUT2D eigenvalue weighted by Crippen LogP contribution is 2.18. The quantitative estimate of drug-likeness (QED) is 0.784. The van der Waals surface area contributed by atoms with Crippen LogP contribution < -0.4 is 10.5 Å². The van der Waals surface area contributed by atoms with Gasteiger partial charge in [-0.1, -0.05) is 0 Å². The van der Waals surface area contributed by atoms with Gasteiger partial charge in [-0.2, -0.15) is 8.78 Å². The molecule has 0 aliphatic rings. The minimum absolute atomic E-state index is 0.0676. The SMILES string of the molecule is Nc1cc(F)cc(NS(=O)(=O)C(F)F)c1. The lowest BCUT2D eigenvalue weighted by Crippen LogP contribution is -2.20. The van der Waals surface area contributed by atoms with Crippen LogP contribution in [0.2, 0.25) is 0 Å². The summed E-state index contributed by atoms with van der Waals surface area (Å²) in [5.74, 6) is -4.40. The number of nitrogens with two attached hydrogens (primary N) is 1. The van der Waals surface area contributed by atoms with Crippen LogP contribution in [0.1, 0.15) is 0 Å². The highest BCUT2D eigenvalue weighted by atomic mass is 32.2. The standard InChI is InChI=1S/C7H7F3N2O2S/c8-4-1-5(11)3-6(2-4)12-15(13,14)7(9)10/h1-3,7,12H,11H2. The molecule has 1 aromatic carbocycles. The summed E-state index contributed by atoms with van der Waals surface area (Å²) in [7, 11) is -4.79. The number of rotatable bonds is 3. The molecule has 0 fully saturated rings. The molecule has 1 rings (SSSR count). The van der Waals surface area contributed by atoms with Crippen LogP contribution >= 0.6 is 0 Å². The molecule has 84 valence electrons. The Hall–Kier alpha value is -1.44. The van der Waals surface area contributed by atoms with E-state index < -0.39 is 21.6 Å². The molecule has 0 saturated heterocycles. The van der Waals surface area contributed by atoms with Crippen LogP contribution in [0.5, 0.6) is 0 Å². The summed E-state index contributed by atoms with van der Waals surface area (Å²) in [5, 5.41) is 0. The lowest BCUT2D eigenvalue weighted by atomic mass is 10.3. The van der Waals surface area contributed by atoms with Gasteiger partial charge in [0.1, 0.15) is 5.82 Å². The average Bonchev–Trinajstić information content (AvgIpc) is 1.99. The summed E-state index contributed by atoms with van der Waals surface area (Å²) in [6, 6.07) is 2.71. The van der Waals surface area contributed by atoms with Gasteiger partial charge in [0.05, 0.1) is 5.69 Å². The van der Waals surface area contributed by atoms with E-state index in [0.29, 0.717) is 0 Å². The average molecular weight is 240 g/mol. The van der Waals surface area contributed by atoms with Crippen molar-refractivity contribution in [1.29, 1.82) is 0 Å². The molecule has 0 heterocycles. The van der Waals surface area contributed by atoms with Crippen molar-refractivity contribution in [3.8, 4) is 0 Å². The fourth-order valence-electron chi connectivity index (χ4n) is 0.880. The molecule has 0 aliphatic carbocycles. The van der Waals surface area contributed by atoms with Gasteiger partial charge in [-0.3, -0.25) is 4.72 Å². The minimum atomic E-state index is -4.79. The van der Waals surface area contributed by atoms with Crippen molar-refractivity contribution in [2.75, 3.05) is 10.5 Å². The molecule has 0 saturated carbocycles. The van der Waals surface area contributed by atoms with Gasteiger partial charge in [-0.25, -0.2) is 12.8 Å². The van der Waals surface area contributed by atoms with E-state index in [0.717, 1.165) is 18.2 Å². The second kappa shape index (κ2) is 3.97. The lowest BCUT2D eigenvalue weighted by molar-refractivity contribution is 0.236. The van der Waals surface area contributed by atoms with E-state index in [9.17, 15) is 21.6 Å². The molecule has 0 atom stereocenters. The summed E-state index contributed by atoms with van der Waals surface area (Å²) >= 11 is 0. The Morgan fingerprint density at radius 1 is 1.27 bits per heavy atom. The van der Waals surface area contributed by atoms with Gasteiger partial charge >= 0.3 is 5.76 Å². The number of hydrogen-bond donors (Lipinski definition) is 2. The zero-order valence-electron chi connectivity index (χ0n) is 7.25. The molecule has 0 unspecified atom stereocenters. The Labute approximate surface area is 83.9 Å².